The van der Waals surface area contributed by atoms with E-state index in [-0.39, 0.29) is 5.56 Å². The van der Waals surface area contributed by atoms with E-state index in [1.807, 2.05) is 19.2 Å². The quantitative estimate of drug-likeness (QED) is 0.882. The number of nitrogens with one attached hydrogen (secondary N) is 1. The number of pyridine rings is 1. The van der Waals surface area contributed by atoms with E-state index in [0.29, 0.717) is 6.54 Å². The zero-order chi connectivity index (χ0) is 11.4. The van der Waals surface area contributed by atoms with E-state index in [1.165, 1.54) is 5.56 Å². The summed E-state index contributed by atoms with van der Waals surface area (Å²) >= 11 is 1.69. The Morgan fingerprint density at radius 3 is 2.94 bits per heavy atom. The van der Waals surface area contributed by atoms with Gasteiger partial charge in [-0.15, -0.1) is 0 Å². The molecule has 16 heavy (non-hydrogen) atoms. The summed E-state index contributed by atoms with van der Waals surface area (Å²) in [5.74, 6) is 0. The summed E-state index contributed by atoms with van der Waals surface area (Å²) in [6, 6.07) is 5.51. The molecule has 0 unspecified atom stereocenters. The number of aryl methyl sites for hydroxylation is 1. The monoisotopic (exact) mass is 234 g/mol. The van der Waals surface area contributed by atoms with Crippen LogP contribution < -0.4 is 10.9 Å². The molecule has 0 fully saturated rings. The van der Waals surface area contributed by atoms with Gasteiger partial charge in [-0.25, -0.2) is 0 Å². The molecular weight excluding hydrogens is 220 g/mol. The molecule has 2 rings (SSSR count). The third-order valence-corrected chi connectivity index (χ3v) is 3.13. The zero-order valence-corrected chi connectivity index (χ0v) is 9.96. The van der Waals surface area contributed by atoms with Crippen LogP contribution in [0.5, 0.6) is 0 Å². The van der Waals surface area contributed by atoms with Crippen LogP contribution in [0, 0.1) is 0 Å². The molecule has 1 N–H and O–H groups in total. The molecule has 0 atom stereocenters. The first-order valence-electron chi connectivity index (χ1n) is 5.25. The molecule has 0 saturated carbocycles. The first-order chi connectivity index (χ1) is 7.79. The van der Waals surface area contributed by atoms with Gasteiger partial charge in [-0.2, -0.15) is 11.3 Å². The Labute approximate surface area is 98.4 Å². The van der Waals surface area contributed by atoms with Crippen molar-refractivity contribution >= 4 is 17.0 Å². The Bertz CT molecular complexity index is 502. The van der Waals surface area contributed by atoms with Crippen LogP contribution >= 0.6 is 11.3 Å². The number of anilines is 1. The van der Waals surface area contributed by atoms with E-state index in [9.17, 15) is 4.79 Å². The predicted octanol–water partition coefficient (Wildman–Crippen LogP) is 2.54. The van der Waals surface area contributed by atoms with Gasteiger partial charge in [-0.3, -0.25) is 4.79 Å². The Morgan fingerprint density at radius 1 is 1.38 bits per heavy atom. The van der Waals surface area contributed by atoms with Crippen molar-refractivity contribution < 1.29 is 0 Å². The largest absolute Gasteiger partial charge is 0.380 e. The number of hydrogen-bond donors (Lipinski definition) is 1. The summed E-state index contributed by atoms with van der Waals surface area (Å²) in [7, 11) is 0. The maximum atomic E-state index is 11.4. The second-order valence-corrected chi connectivity index (χ2v) is 4.31. The van der Waals surface area contributed by atoms with Gasteiger partial charge in [0.2, 0.25) is 0 Å². The van der Waals surface area contributed by atoms with Gasteiger partial charge in [-0.1, -0.05) is 0 Å². The van der Waals surface area contributed by atoms with Gasteiger partial charge in [0.25, 0.3) is 5.56 Å². The molecule has 3 nitrogen and oxygen atoms in total. The number of nitrogens with zero attached hydrogens (tertiary/aromatic N) is 1. The minimum Gasteiger partial charge on any atom is -0.380 e. The molecule has 0 bridgehead atoms. The second-order valence-electron chi connectivity index (χ2n) is 3.53. The third kappa shape index (κ3) is 2.52. The van der Waals surface area contributed by atoms with Gasteiger partial charge < -0.3 is 9.88 Å². The van der Waals surface area contributed by atoms with Crippen LogP contribution in [-0.2, 0) is 13.1 Å². The summed E-state index contributed by atoms with van der Waals surface area (Å²) in [4.78, 5) is 11.4. The second kappa shape index (κ2) is 4.99. The molecule has 0 amide bonds. The minimum absolute atomic E-state index is 0.0450. The van der Waals surface area contributed by atoms with Crippen LogP contribution in [0.3, 0.4) is 0 Å². The van der Waals surface area contributed by atoms with E-state index >= 15 is 0 Å². The molecule has 0 aliphatic rings. The van der Waals surface area contributed by atoms with Crippen molar-refractivity contribution in [3.8, 4) is 0 Å². The number of rotatable bonds is 4. The van der Waals surface area contributed by atoms with Gasteiger partial charge in [0.05, 0.1) is 5.69 Å². The highest BCUT2D eigenvalue weighted by Gasteiger charge is 1.97. The van der Waals surface area contributed by atoms with Crippen molar-refractivity contribution in [2.45, 2.75) is 20.0 Å². The van der Waals surface area contributed by atoms with Crippen LogP contribution in [-0.4, -0.2) is 4.57 Å². The number of hydrogen-bond acceptors (Lipinski definition) is 3. The van der Waals surface area contributed by atoms with Crippen LogP contribution in [0.25, 0.3) is 0 Å². The van der Waals surface area contributed by atoms with Gasteiger partial charge in [-0.05, 0) is 35.4 Å². The van der Waals surface area contributed by atoms with E-state index < -0.39 is 0 Å². The molecule has 4 heteroatoms. The minimum atomic E-state index is 0.0450. The molecule has 2 aromatic heterocycles. The van der Waals surface area contributed by atoms with Crippen LogP contribution in [0.15, 0.2) is 40.0 Å². The fourth-order valence-electron chi connectivity index (χ4n) is 1.48. The third-order valence-electron chi connectivity index (χ3n) is 2.40. The van der Waals surface area contributed by atoms with Crippen molar-refractivity contribution in [2.24, 2.45) is 0 Å². The molecule has 2 heterocycles. The number of aromatic nitrogens is 1. The highest BCUT2D eigenvalue weighted by molar-refractivity contribution is 7.07. The molecule has 0 radical (unpaired) electrons. The molecule has 0 aliphatic heterocycles. The smallest absolute Gasteiger partial charge is 0.250 e. The standard InChI is InChI=1S/C12H14N2OS/c1-2-14-8-11(3-4-12(14)15)13-7-10-5-6-16-9-10/h3-6,8-9,13H,2,7H2,1H3. The first-order valence-corrected chi connectivity index (χ1v) is 6.19. The molecule has 2 aromatic rings. The topological polar surface area (TPSA) is 34.0 Å². The molecule has 0 saturated heterocycles. The average molecular weight is 234 g/mol. The summed E-state index contributed by atoms with van der Waals surface area (Å²) in [5.41, 5.74) is 2.29. The Morgan fingerprint density at radius 2 is 2.25 bits per heavy atom. The lowest BCUT2D eigenvalue weighted by Gasteiger charge is -2.07. The van der Waals surface area contributed by atoms with Gasteiger partial charge in [0.15, 0.2) is 0 Å². The van der Waals surface area contributed by atoms with Crippen molar-refractivity contribution in [1.82, 2.24) is 4.57 Å². The molecule has 84 valence electrons. The van der Waals surface area contributed by atoms with Gasteiger partial charge >= 0.3 is 0 Å². The van der Waals surface area contributed by atoms with Crippen molar-refractivity contribution in [2.75, 3.05) is 5.32 Å². The maximum Gasteiger partial charge on any atom is 0.250 e. The normalized spacial score (nSPS) is 10.3. The summed E-state index contributed by atoms with van der Waals surface area (Å²) in [6.45, 7) is 3.46. The lowest BCUT2D eigenvalue weighted by Crippen LogP contribution is -2.17. The fourth-order valence-corrected chi connectivity index (χ4v) is 2.15. The van der Waals surface area contributed by atoms with Crippen molar-refractivity contribution in [1.29, 1.82) is 0 Å². The zero-order valence-electron chi connectivity index (χ0n) is 9.14. The Balaban J connectivity index is 2.07. The summed E-state index contributed by atoms with van der Waals surface area (Å²) < 4.78 is 1.69. The molecule has 0 aliphatic carbocycles. The number of thiophene rings is 1. The fraction of sp³-hybridized carbons (Fsp3) is 0.250. The van der Waals surface area contributed by atoms with Crippen LogP contribution in [0.1, 0.15) is 12.5 Å². The SMILES string of the molecule is CCn1cc(NCc2ccsc2)ccc1=O. The van der Waals surface area contributed by atoms with Gasteiger partial charge in [0.1, 0.15) is 0 Å². The van der Waals surface area contributed by atoms with Crippen molar-refractivity contribution in [3.63, 3.8) is 0 Å². The summed E-state index contributed by atoms with van der Waals surface area (Å²) in [5, 5.41) is 7.47. The van der Waals surface area contributed by atoms with E-state index in [0.717, 1.165) is 12.2 Å². The molecular formula is C12H14N2OS. The lowest BCUT2D eigenvalue weighted by atomic mass is 10.3. The highest BCUT2D eigenvalue weighted by atomic mass is 32.1. The van der Waals surface area contributed by atoms with E-state index in [4.69, 9.17) is 0 Å². The lowest BCUT2D eigenvalue weighted by molar-refractivity contribution is 0.727. The van der Waals surface area contributed by atoms with Crippen molar-refractivity contribution in [3.05, 3.63) is 51.1 Å². The van der Waals surface area contributed by atoms with Crippen LogP contribution in [0.4, 0.5) is 5.69 Å². The molecule has 0 spiro atoms. The Kier molecular flexibility index (Phi) is 3.41. The Hall–Kier alpha value is -1.55. The first kappa shape index (κ1) is 11.0. The maximum absolute atomic E-state index is 11.4. The summed E-state index contributed by atoms with van der Waals surface area (Å²) in [6.07, 6.45) is 1.86. The van der Waals surface area contributed by atoms with Gasteiger partial charge in [0, 0.05) is 25.4 Å². The van der Waals surface area contributed by atoms with Crippen LogP contribution in [0.2, 0.25) is 0 Å². The highest BCUT2D eigenvalue weighted by Crippen LogP contribution is 2.09. The van der Waals surface area contributed by atoms with E-state index in [2.05, 4.69) is 22.1 Å². The predicted molar refractivity (Wildman–Crippen MR) is 68.0 cm³/mol. The average Bonchev–Trinajstić information content (AvgIpc) is 2.81. The molecule has 0 aromatic carbocycles. The van der Waals surface area contributed by atoms with E-state index in [1.54, 1.807) is 22.0 Å².